The van der Waals surface area contributed by atoms with Crippen molar-refractivity contribution in [2.45, 2.75) is 89.5 Å². The van der Waals surface area contributed by atoms with Crippen LogP contribution < -0.4 is 0 Å². The van der Waals surface area contributed by atoms with Crippen molar-refractivity contribution in [3.05, 3.63) is 0 Å². The smallest absolute Gasteiger partial charge is 0.423 e. The van der Waals surface area contributed by atoms with Gasteiger partial charge in [0, 0.05) is 11.8 Å². The van der Waals surface area contributed by atoms with Gasteiger partial charge >= 0.3 is 18.1 Å². The van der Waals surface area contributed by atoms with E-state index in [9.17, 15) is 23.1 Å². The number of alkyl halides is 5. The van der Waals surface area contributed by atoms with Gasteiger partial charge in [0.2, 0.25) is 5.60 Å². The van der Waals surface area contributed by atoms with Crippen LogP contribution >= 0.6 is 0 Å². The molecule has 6 unspecified atom stereocenters. The largest absolute Gasteiger partial charge is 0.452 e. The van der Waals surface area contributed by atoms with E-state index < -0.39 is 47.0 Å². The van der Waals surface area contributed by atoms with Crippen LogP contribution in [-0.4, -0.2) is 34.4 Å². The van der Waals surface area contributed by atoms with Crippen LogP contribution in [0.3, 0.4) is 0 Å². The molecule has 0 saturated heterocycles. The molecule has 2 aliphatic carbocycles. The maximum Gasteiger partial charge on any atom is 0.423 e. The van der Waals surface area contributed by atoms with Crippen molar-refractivity contribution in [1.82, 2.24) is 0 Å². The molecule has 2 rings (SSSR count). The van der Waals surface area contributed by atoms with Crippen LogP contribution in [0, 0.1) is 23.7 Å². The summed E-state index contributed by atoms with van der Waals surface area (Å²) in [6, 6.07) is 0. The summed E-state index contributed by atoms with van der Waals surface area (Å²) in [6.07, 6.45) is -3.06. The van der Waals surface area contributed by atoms with E-state index in [0.717, 1.165) is 6.42 Å². The molecule has 2 saturated carbocycles. The molecule has 2 bridgehead atoms. The van der Waals surface area contributed by atoms with Gasteiger partial charge in [0.05, 0.1) is 5.92 Å². The second-order valence-corrected chi connectivity index (χ2v) is 8.53. The van der Waals surface area contributed by atoms with Crippen molar-refractivity contribution in [3.8, 4) is 0 Å². The van der Waals surface area contributed by atoms with Crippen molar-refractivity contribution in [2.24, 2.45) is 23.7 Å². The Morgan fingerprint density at radius 1 is 1.22 bits per heavy atom. The number of carbonyl (C=O) groups is 1. The summed E-state index contributed by atoms with van der Waals surface area (Å²) in [5, 5.41) is 9.95. The van der Waals surface area contributed by atoms with Crippen LogP contribution in [0.5, 0.6) is 0 Å². The van der Waals surface area contributed by atoms with Gasteiger partial charge < -0.3 is 9.84 Å². The lowest BCUT2D eigenvalue weighted by Gasteiger charge is -2.57. The summed E-state index contributed by atoms with van der Waals surface area (Å²) in [7, 11) is 0. The van der Waals surface area contributed by atoms with Crippen LogP contribution in [0.2, 0.25) is 0 Å². The fourth-order valence-electron chi connectivity index (χ4n) is 4.78. The van der Waals surface area contributed by atoms with E-state index in [-0.39, 0.29) is 32.1 Å². The molecule has 2 aliphatic rings. The molecule has 6 atom stereocenters. The topological polar surface area (TPSA) is 46.5 Å². The highest BCUT2D eigenvalue weighted by Gasteiger charge is 2.78. The first kappa shape index (κ1) is 22.4. The highest BCUT2D eigenvalue weighted by molar-refractivity contribution is 5.72. The molecule has 0 spiro atoms. The zero-order chi connectivity index (χ0) is 20.8. The normalized spacial score (nSPS) is 35.3. The molecule has 0 radical (unpaired) electrons. The van der Waals surface area contributed by atoms with Crippen LogP contribution in [0.15, 0.2) is 0 Å². The van der Waals surface area contributed by atoms with Crippen molar-refractivity contribution in [1.29, 1.82) is 0 Å². The predicted molar refractivity (Wildman–Crippen MR) is 89.1 cm³/mol. The number of ether oxygens (including phenoxy) is 1. The summed E-state index contributed by atoms with van der Waals surface area (Å²) in [5.41, 5.74) is -6.99. The third-order valence-corrected chi connectivity index (χ3v) is 6.75. The Morgan fingerprint density at radius 3 is 2.33 bits per heavy atom. The Morgan fingerprint density at radius 2 is 1.81 bits per heavy atom. The molecule has 1 N–H and O–H groups in total. The number of hydrogen-bond donors (Lipinski definition) is 1. The van der Waals surface area contributed by atoms with E-state index >= 15 is 8.78 Å². The van der Waals surface area contributed by atoms with Gasteiger partial charge in [0.25, 0.3) is 0 Å². The van der Waals surface area contributed by atoms with Gasteiger partial charge in [0.15, 0.2) is 5.60 Å². The Hall–Kier alpha value is -0.920. The Labute approximate surface area is 156 Å². The van der Waals surface area contributed by atoms with Gasteiger partial charge in [-0.05, 0) is 38.5 Å². The third-order valence-electron chi connectivity index (χ3n) is 6.75. The van der Waals surface area contributed by atoms with Gasteiger partial charge in [-0.1, -0.05) is 33.6 Å². The van der Waals surface area contributed by atoms with E-state index in [1.54, 1.807) is 6.92 Å². The summed E-state index contributed by atoms with van der Waals surface area (Å²) in [4.78, 5) is 12.5. The molecular formula is C19H29F5O3. The summed E-state index contributed by atoms with van der Waals surface area (Å²) < 4.78 is 76.6. The minimum absolute atomic E-state index is 0.0769. The molecule has 8 heteroatoms. The van der Waals surface area contributed by atoms with Crippen LogP contribution in [0.25, 0.3) is 0 Å². The van der Waals surface area contributed by atoms with Crippen molar-refractivity contribution < 1.29 is 36.6 Å². The molecule has 2 fully saturated rings. The van der Waals surface area contributed by atoms with Crippen LogP contribution in [0.4, 0.5) is 22.0 Å². The Bertz CT molecular complexity index is 558. The second kappa shape index (κ2) is 7.16. The molecule has 0 aliphatic heterocycles. The quantitative estimate of drug-likeness (QED) is 0.515. The number of aliphatic hydroxyl groups is 1. The molecule has 158 valence electrons. The Kier molecular flexibility index (Phi) is 5.93. The zero-order valence-electron chi connectivity index (χ0n) is 16.2. The molecule has 3 nitrogen and oxygen atoms in total. The SMILES string of the molecule is CCC(C)C(=O)OC1(C(F)(F)C(C)(O)C(F)(F)F)C(C)CC2CCCC1C2. The van der Waals surface area contributed by atoms with E-state index in [1.807, 2.05) is 0 Å². The summed E-state index contributed by atoms with van der Waals surface area (Å²) in [5.74, 6) is -8.14. The lowest BCUT2D eigenvalue weighted by atomic mass is 9.56. The number of rotatable bonds is 5. The van der Waals surface area contributed by atoms with Crippen LogP contribution in [0.1, 0.15) is 66.2 Å². The molecule has 0 aromatic rings. The van der Waals surface area contributed by atoms with E-state index in [4.69, 9.17) is 4.74 Å². The highest BCUT2D eigenvalue weighted by atomic mass is 19.4. The monoisotopic (exact) mass is 400 g/mol. The van der Waals surface area contributed by atoms with Gasteiger partial charge in [0.1, 0.15) is 0 Å². The fraction of sp³-hybridized carbons (Fsp3) is 0.947. The molecule has 0 heterocycles. The lowest BCUT2D eigenvalue weighted by molar-refractivity contribution is -0.382. The standard InChI is InChI=1S/C19H29F5O3/c1-5-11(2)15(25)27-17(18(20,21)16(4,26)19(22,23)24)12(3)9-13-7-6-8-14(17)10-13/h11-14,26H,5-10H2,1-4H3. The molecule has 0 aromatic heterocycles. The number of fused-ring (bicyclic) bond motifs is 2. The first-order chi connectivity index (χ1) is 12.2. The summed E-state index contributed by atoms with van der Waals surface area (Å²) in [6.45, 7) is 4.65. The lowest BCUT2D eigenvalue weighted by Crippen LogP contribution is -2.74. The predicted octanol–water partition coefficient (Wildman–Crippen LogP) is 5.11. The van der Waals surface area contributed by atoms with Crippen LogP contribution in [-0.2, 0) is 9.53 Å². The average Bonchev–Trinajstić information content (AvgIpc) is 2.56. The van der Waals surface area contributed by atoms with Crippen molar-refractivity contribution >= 4 is 5.97 Å². The van der Waals surface area contributed by atoms with E-state index in [0.29, 0.717) is 12.8 Å². The summed E-state index contributed by atoms with van der Waals surface area (Å²) >= 11 is 0. The minimum Gasteiger partial charge on any atom is -0.452 e. The number of carbonyl (C=O) groups excluding carboxylic acids is 1. The van der Waals surface area contributed by atoms with E-state index in [1.165, 1.54) is 13.8 Å². The third kappa shape index (κ3) is 3.36. The first-order valence-electron chi connectivity index (χ1n) is 9.62. The van der Waals surface area contributed by atoms with Gasteiger partial charge in [-0.15, -0.1) is 0 Å². The van der Waals surface area contributed by atoms with Crippen molar-refractivity contribution in [2.75, 3.05) is 0 Å². The Balaban J connectivity index is 2.60. The zero-order valence-corrected chi connectivity index (χ0v) is 16.2. The number of hydrogen-bond acceptors (Lipinski definition) is 3. The molecule has 0 amide bonds. The number of halogens is 5. The number of esters is 1. The van der Waals surface area contributed by atoms with Crippen molar-refractivity contribution in [3.63, 3.8) is 0 Å². The van der Waals surface area contributed by atoms with Gasteiger partial charge in [-0.3, -0.25) is 4.79 Å². The molecule has 27 heavy (non-hydrogen) atoms. The molecular weight excluding hydrogens is 371 g/mol. The van der Waals surface area contributed by atoms with E-state index in [2.05, 4.69) is 0 Å². The second-order valence-electron chi connectivity index (χ2n) is 8.53. The maximum atomic E-state index is 15.6. The minimum atomic E-state index is -5.57. The maximum absolute atomic E-state index is 15.6. The first-order valence-corrected chi connectivity index (χ1v) is 9.62. The van der Waals surface area contributed by atoms with Gasteiger partial charge in [-0.25, -0.2) is 0 Å². The molecule has 0 aromatic carbocycles. The fourth-order valence-corrected chi connectivity index (χ4v) is 4.78. The highest BCUT2D eigenvalue weighted by Crippen LogP contribution is 2.61. The van der Waals surface area contributed by atoms with Gasteiger partial charge in [-0.2, -0.15) is 22.0 Å². The average molecular weight is 400 g/mol.